The predicted octanol–water partition coefficient (Wildman–Crippen LogP) is -14.7. The van der Waals surface area contributed by atoms with Crippen LogP contribution in [-0.2, 0) is 0 Å². The maximum absolute atomic E-state index is 0. The molecule has 6 heavy (non-hydrogen) atoms. The Bertz CT molecular complexity index is 3.90. The zero-order valence-corrected chi connectivity index (χ0v) is 22.3. The van der Waals surface area contributed by atoms with E-state index in [0.717, 1.165) is 0 Å². The van der Waals surface area contributed by atoms with Gasteiger partial charge < -0.3 is 9.90 Å². The largest absolute Gasteiger partial charge is 1.00 e. The first-order chi connectivity index (χ1) is 0. The third-order valence-corrected chi connectivity index (χ3v) is 0. The van der Waals surface area contributed by atoms with E-state index >= 15 is 0 Å². The van der Waals surface area contributed by atoms with Crippen molar-refractivity contribution >= 4 is 9.90 Å². The topological polar surface area (TPSA) is 0 Å². The van der Waals surface area contributed by atoms with E-state index in [1.165, 1.54) is 0 Å². The predicted molar refractivity (Wildman–Crippen MR) is 9.71 cm³/mol. The van der Waals surface area contributed by atoms with Crippen LogP contribution in [0.5, 0.6) is 0 Å². The summed E-state index contributed by atoms with van der Waals surface area (Å²) in [4.78, 5) is 0. The molecule has 0 atom stereocenters. The summed E-state index contributed by atoms with van der Waals surface area (Å²) in [7, 11) is 0. The number of hydrogen-bond donors (Lipinski definition) is 0. The summed E-state index contributed by atoms with van der Waals surface area (Å²) in [5.74, 6) is 0. The van der Waals surface area contributed by atoms with Crippen molar-refractivity contribution in [3.8, 4) is 0 Å². The minimum Gasteiger partial charge on any atom is -0.577 e. The van der Waals surface area contributed by atoms with Gasteiger partial charge in [-0.15, -0.1) is 0 Å². The minimum absolute atomic E-state index is 0. The fraction of sp³-hybridized carbons (Fsp3) is 0. The monoisotopic (exact) mass is 228 g/mol. The van der Waals surface area contributed by atoms with Crippen molar-refractivity contribution in [3.63, 3.8) is 0 Å². The van der Waals surface area contributed by atoms with Gasteiger partial charge in [0.1, 0.15) is 0 Å². The smallest absolute Gasteiger partial charge is 0.577 e. The Labute approximate surface area is 256 Å². The van der Waals surface area contributed by atoms with E-state index < -0.39 is 0 Å². The van der Waals surface area contributed by atoms with E-state index in [4.69, 9.17) is 0 Å². The molecule has 0 rings (SSSR count). The molecule has 0 aromatic rings. The van der Waals surface area contributed by atoms with Gasteiger partial charge in [0.25, 0.3) is 0 Å². The molecule has 0 aliphatic heterocycles. The molecular formula is H2K5P+4. The minimum atomic E-state index is 0. The average molecular weight is 228 g/mol. The van der Waals surface area contributed by atoms with Crippen LogP contribution < -0.4 is 257 Å². The van der Waals surface area contributed by atoms with E-state index in [2.05, 4.69) is 0 Å². The van der Waals surface area contributed by atoms with Gasteiger partial charge in [0, 0.05) is 0 Å². The molecule has 0 N–H and O–H groups in total. The van der Waals surface area contributed by atoms with E-state index in [-0.39, 0.29) is 267 Å². The van der Waals surface area contributed by atoms with Crippen molar-refractivity contribution < 1.29 is 257 Å². The molecular weight excluding hydrogens is 226 g/mol. The quantitative estimate of drug-likeness (QED) is 0.285. The van der Waals surface area contributed by atoms with Crippen molar-refractivity contribution in [1.82, 2.24) is 0 Å². The fourth-order valence-electron chi connectivity index (χ4n) is 0. The Kier molecular flexibility index (Phi) is 178. The van der Waals surface area contributed by atoms with Crippen molar-refractivity contribution in [3.05, 3.63) is 0 Å². The maximum atomic E-state index is 0. The molecule has 0 fully saturated rings. The number of rotatable bonds is 0. The Morgan fingerprint density at radius 2 is 0.333 bits per heavy atom. The van der Waals surface area contributed by atoms with E-state index in [9.17, 15) is 0 Å². The van der Waals surface area contributed by atoms with Crippen LogP contribution >= 0.6 is 9.90 Å². The van der Waals surface area contributed by atoms with E-state index in [1.807, 2.05) is 0 Å². The summed E-state index contributed by atoms with van der Waals surface area (Å²) in [5, 5.41) is 0. The SMILES string of the molecule is [K+].[K+].[K+].[K+].[K+].[PH2-]. The Hall–Kier alpha value is 8.61. The Morgan fingerprint density at radius 3 is 0.333 bits per heavy atom. The van der Waals surface area contributed by atoms with Crippen LogP contribution in [0.1, 0.15) is 0 Å². The molecule has 0 aliphatic carbocycles. The van der Waals surface area contributed by atoms with E-state index in [1.54, 1.807) is 0 Å². The van der Waals surface area contributed by atoms with Crippen LogP contribution in [0.4, 0.5) is 0 Å². The fourth-order valence-corrected chi connectivity index (χ4v) is 0. The molecule has 0 aromatic carbocycles. The summed E-state index contributed by atoms with van der Waals surface area (Å²) in [5.41, 5.74) is 0. The third-order valence-electron chi connectivity index (χ3n) is 0. The second kappa shape index (κ2) is 29.2. The zero-order chi connectivity index (χ0) is 0. The Morgan fingerprint density at radius 1 is 0.333 bits per heavy atom. The molecule has 6 heteroatoms. The molecule has 0 radical (unpaired) electrons. The van der Waals surface area contributed by atoms with Gasteiger partial charge >= 0.3 is 257 Å². The van der Waals surface area contributed by atoms with E-state index in [0.29, 0.717) is 0 Å². The molecule has 0 heterocycles. The van der Waals surface area contributed by atoms with Crippen LogP contribution in [0.3, 0.4) is 0 Å². The zero-order valence-electron chi connectivity index (χ0n) is 5.58. The van der Waals surface area contributed by atoms with Crippen LogP contribution in [0.2, 0.25) is 0 Å². The van der Waals surface area contributed by atoms with Crippen LogP contribution in [-0.4, -0.2) is 0 Å². The van der Waals surface area contributed by atoms with Crippen molar-refractivity contribution in [2.24, 2.45) is 0 Å². The van der Waals surface area contributed by atoms with Gasteiger partial charge in [-0.25, -0.2) is 0 Å². The van der Waals surface area contributed by atoms with Gasteiger partial charge in [-0.05, 0) is 0 Å². The first kappa shape index (κ1) is 36.5. The standard InChI is InChI=1S/5K.H2P/h;;;;;1H2/q5*+1;-1. The normalized spacial score (nSPS) is 0. The third kappa shape index (κ3) is 22.9. The van der Waals surface area contributed by atoms with Gasteiger partial charge in [-0.2, -0.15) is 0 Å². The van der Waals surface area contributed by atoms with Gasteiger partial charge in [0.15, 0.2) is 0 Å². The van der Waals surface area contributed by atoms with Gasteiger partial charge in [-0.1, -0.05) is 0 Å². The van der Waals surface area contributed by atoms with Crippen LogP contribution in [0.25, 0.3) is 0 Å². The first-order valence-corrected chi connectivity index (χ1v) is 0. The molecule has 0 spiro atoms. The van der Waals surface area contributed by atoms with Gasteiger partial charge in [-0.3, -0.25) is 0 Å². The molecule has 0 unspecified atom stereocenters. The van der Waals surface area contributed by atoms with Crippen LogP contribution in [0.15, 0.2) is 0 Å². The summed E-state index contributed by atoms with van der Waals surface area (Å²) in [6, 6.07) is 0. The van der Waals surface area contributed by atoms with Crippen LogP contribution in [0, 0.1) is 0 Å². The summed E-state index contributed by atoms with van der Waals surface area (Å²) in [6.07, 6.45) is 0. The second-order valence-corrected chi connectivity index (χ2v) is 0. The second-order valence-electron chi connectivity index (χ2n) is 0. The molecule has 0 saturated carbocycles. The average Bonchev–Trinajstić information content (AvgIpc) is 0. The molecule has 8 valence electrons. The molecule has 0 aromatic heterocycles. The maximum Gasteiger partial charge on any atom is 1.00 e. The van der Waals surface area contributed by atoms with Crippen molar-refractivity contribution in [2.75, 3.05) is 0 Å². The van der Waals surface area contributed by atoms with Gasteiger partial charge in [0.2, 0.25) is 0 Å². The molecule has 0 nitrogen and oxygen atoms in total. The first-order valence-electron chi connectivity index (χ1n) is 0. The Balaban J connectivity index is 0. The molecule has 0 saturated heterocycles. The number of hydrogen-bond acceptors (Lipinski definition) is 0. The summed E-state index contributed by atoms with van der Waals surface area (Å²) >= 11 is 0. The molecule has 0 amide bonds. The molecule has 0 bridgehead atoms. The van der Waals surface area contributed by atoms with Crippen molar-refractivity contribution in [1.29, 1.82) is 0 Å². The van der Waals surface area contributed by atoms with Crippen molar-refractivity contribution in [2.45, 2.75) is 0 Å². The summed E-state index contributed by atoms with van der Waals surface area (Å²) < 4.78 is 0. The molecule has 0 aliphatic rings. The van der Waals surface area contributed by atoms with Gasteiger partial charge in [0.05, 0.1) is 0 Å². The summed E-state index contributed by atoms with van der Waals surface area (Å²) in [6.45, 7) is 0.